The number of rotatable bonds is 6. The molecule has 0 aliphatic heterocycles. The van der Waals surface area contributed by atoms with Crippen LogP contribution >= 0.6 is 0 Å². The summed E-state index contributed by atoms with van der Waals surface area (Å²) in [4.78, 5) is 0. The third kappa shape index (κ3) is 6.08. The largest absolute Gasteiger partial charge is 0.591 e. The zero-order chi connectivity index (χ0) is 16.7. The van der Waals surface area contributed by atoms with Crippen LogP contribution in [0.1, 0.15) is 31.9 Å². The average molecular weight is 329 g/mol. The van der Waals surface area contributed by atoms with E-state index in [4.69, 9.17) is 4.74 Å². The molecule has 3 nitrogen and oxygen atoms in total. The van der Waals surface area contributed by atoms with E-state index in [1.54, 1.807) is 6.21 Å². The standard InChI is InChI=1S/C19H23NO2S/c1-19(2,3)23(21)20-13-12-16-10-7-11-18(14-16)22-15-17-8-5-4-6-9-17/h4-11,13-14H,12,15H2,1-3H3/b20-13+. The van der Waals surface area contributed by atoms with Crippen LogP contribution in [-0.4, -0.2) is 15.5 Å². The van der Waals surface area contributed by atoms with Crippen molar-refractivity contribution in [2.75, 3.05) is 0 Å². The molecular formula is C19H23NO2S. The van der Waals surface area contributed by atoms with Crippen molar-refractivity contribution in [2.45, 2.75) is 38.5 Å². The minimum atomic E-state index is -1.21. The summed E-state index contributed by atoms with van der Waals surface area (Å²) in [5, 5.41) is 0. The minimum Gasteiger partial charge on any atom is -0.591 e. The molecule has 23 heavy (non-hydrogen) atoms. The topological polar surface area (TPSA) is 44.7 Å². The number of benzene rings is 2. The quantitative estimate of drug-likeness (QED) is 0.584. The molecule has 0 aliphatic carbocycles. The fourth-order valence-corrected chi connectivity index (χ4v) is 2.40. The van der Waals surface area contributed by atoms with Crippen molar-refractivity contribution in [2.24, 2.45) is 4.40 Å². The van der Waals surface area contributed by atoms with Crippen molar-refractivity contribution >= 4 is 17.6 Å². The summed E-state index contributed by atoms with van der Waals surface area (Å²) >= 11 is -1.21. The summed E-state index contributed by atoms with van der Waals surface area (Å²) in [5.74, 6) is 0.830. The Labute approximate surface area is 141 Å². The van der Waals surface area contributed by atoms with Crippen LogP contribution in [0.4, 0.5) is 0 Å². The number of hydrogen-bond donors (Lipinski definition) is 0. The molecule has 0 fully saturated rings. The van der Waals surface area contributed by atoms with Crippen molar-refractivity contribution in [3.05, 3.63) is 65.7 Å². The minimum absolute atomic E-state index is 0.322. The summed E-state index contributed by atoms with van der Waals surface area (Å²) in [5.41, 5.74) is 2.23. The van der Waals surface area contributed by atoms with E-state index in [2.05, 4.69) is 4.40 Å². The Bertz CT molecular complexity index is 635. The average Bonchev–Trinajstić information content (AvgIpc) is 2.53. The van der Waals surface area contributed by atoms with Gasteiger partial charge in [-0.1, -0.05) is 46.9 Å². The first-order chi connectivity index (χ1) is 10.9. The third-order valence-electron chi connectivity index (χ3n) is 3.17. The Morgan fingerprint density at radius 3 is 2.43 bits per heavy atom. The van der Waals surface area contributed by atoms with Crippen LogP contribution < -0.4 is 4.74 Å². The van der Waals surface area contributed by atoms with Gasteiger partial charge in [0.2, 0.25) is 0 Å². The van der Waals surface area contributed by atoms with Crippen LogP contribution in [0.5, 0.6) is 5.75 Å². The smallest absolute Gasteiger partial charge is 0.144 e. The number of ether oxygens (including phenoxy) is 1. The monoisotopic (exact) mass is 329 g/mol. The molecule has 0 saturated carbocycles. The summed E-state index contributed by atoms with van der Waals surface area (Å²) < 4.78 is 21.5. The molecule has 0 spiro atoms. The number of hydrogen-bond acceptors (Lipinski definition) is 3. The second kappa shape index (κ2) is 8.18. The zero-order valence-electron chi connectivity index (χ0n) is 13.9. The predicted octanol–water partition coefficient (Wildman–Crippen LogP) is 4.34. The van der Waals surface area contributed by atoms with E-state index in [1.165, 1.54) is 0 Å². The van der Waals surface area contributed by atoms with Gasteiger partial charge >= 0.3 is 0 Å². The third-order valence-corrected chi connectivity index (χ3v) is 4.56. The second-order valence-corrected chi connectivity index (χ2v) is 8.21. The lowest BCUT2D eigenvalue weighted by molar-refractivity contribution is 0.306. The molecular weight excluding hydrogens is 306 g/mol. The van der Waals surface area contributed by atoms with E-state index in [0.717, 1.165) is 16.9 Å². The highest BCUT2D eigenvalue weighted by molar-refractivity contribution is 7.91. The maximum absolute atomic E-state index is 11.9. The Balaban J connectivity index is 1.91. The molecule has 1 atom stereocenters. The van der Waals surface area contributed by atoms with Crippen molar-refractivity contribution < 1.29 is 9.29 Å². The second-order valence-electron chi connectivity index (χ2n) is 6.28. The highest BCUT2D eigenvalue weighted by Gasteiger charge is 2.25. The van der Waals surface area contributed by atoms with Gasteiger partial charge in [-0.15, -0.1) is 0 Å². The highest BCUT2D eigenvalue weighted by atomic mass is 32.2. The Morgan fingerprint density at radius 2 is 1.74 bits per heavy atom. The van der Waals surface area contributed by atoms with Gasteiger partial charge in [0, 0.05) is 6.42 Å². The van der Waals surface area contributed by atoms with Crippen LogP contribution in [-0.2, 0) is 24.4 Å². The van der Waals surface area contributed by atoms with Crippen LogP contribution in [0.2, 0.25) is 0 Å². The van der Waals surface area contributed by atoms with Gasteiger partial charge < -0.3 is 9.29 Å². The van der Waals surface area contributed by atoms with Crippen LogP contribution in [0.15, 0.2) is 59.0 Å². The van der Waals surface area contributed by atoms with E-state index < -0.39 is 11.4 Å². The molecule has 0 aliphatic rings. The maximum Gasteiger partial charge on any atom is 0.144 e. The van der Waals surface area contributed by atoms with Crippen molar-refractivity contribution in [3.63, 3.8) is 0 Å². The molecule has 2 aromatic carbocycles. The van der Waals surface area contributed by atoms with Crippen molar-refractivity contribution in [1.29, 1.82) is 0 Å². The summed E-state index contributed by atoms with van der Waals surface area (Å²) in [6.07, 6.45) is 2.36. The predicted molar refractivity (Wildman–Crippen MR) is 97.3 cm³/mol. The first-order valence-corrected chi connectivity index (χ1v) is 8.76. The van der Waals surface area contributed by atoms with Gasteiger partial charge in [-0.25, -0.2) is 0 Å². The van der Waals surface area contributed by atoms with E-state index in [-0.39, 0.29) is 4.75 Å². The molecule has 122 valence electrons. The Morgan fingerprint density at radius 1 is 1.04 bits per heavy atom. The maximum atomic E-state index is 11.9. The SMILES string of the molecule is CC(C)(C)[S+]([O-])/N=C/Cc1cccc(OCc2ccccc2)c1. The summed E-state index contributed by atoms with van der Waals surface area (Å²) in [6.45, 7) is 6.29. The molecule has 0 N–H and O–H groups in total. The molecule has 4 heteroatoms. The summed E-state index contributed by atoms with van der Waals surface area (Å²) in [7, 11) is 0. The molecule has 2 aromatic rings. The van der Waals surface area contributed by atoms with Gasteiger partial charge in [-0.05, 0) is 44.0 Å². The van der Waals surface area contributed by atoms with Gasteiger partial charge in [-0.3, -0.25) is 0 Å². The first kappa shape index (κ1) is 17.6. The van der Waals surface area contributed by atoms with E-state index in [1.807, 2.05) is 75.4 Å². The van der Waals surface area contributed by atoms with Crippen LogP contribution in [0.3, 0.4) is 0 Å². The lowest BCUT2D eigenvalue weighted by Gasteiger charge is -2.17. The van der Waals surface area contributed by atoms with Crippen LogP contribution in [0, 0.1) is 0 Å². The lowest BCUT2D eigenvalue weighted by atomic mass is 10.1. The molecule has 0 radical (unpaired) electrons. The highest BCUT2D eigenvalue weighted by Crippen LogP contribution is 2.18. The molecule has 1 unspecified atom stereocenters. The first-order valence-electron chi connectivity index (χ1n) is 7.65. The molecule has 0 amide bonds. The zero-order valence-corrected chi connectivity index (χ0v) is 14.7. The molecule has 0 heterocycles. The van der Waals surface area contributed by atoms with E-state index in [0.29, 0.717) is 13.0 Å². The van der Waals surface area contributed by atoms with Gasteiger partial charge in [-0.2, -0.15) is 0 Å². The van der Waals surface area contributed by atoms with Gasteiger partial charge in [0.25, 0.3) is 0 Å². The van der Waals surface area contributed by atoms with Crippen molar-refractivity contribution in [1.82, 2.24) is 0 Å². The van der Waals surface area contributed by atoms with Crippen LogP contribution in [0.25, 0.3) is 0 Å². The molecule has 0 saturated heterocycles. The Kier molecular flexibility index (Phi) is 6.25. The number of nitrogens with zero attached hydrogens (tertiary/aromatic N) is 1. The lowest BCUT2D eigenvalue weighted by Crippen LogP contribution is -2.25. The van der Waals surface area contributed by atoms with Gasteiger partial charge in [0.15, 0.2) is 0 Å². The fraction of sp³-hybridized carbons (Fsp3) is 0.316. The molecule has 0 bridgehead atoms. The molecule has 0 aromatic heterocycles. The van der Waals surface area contributed by atoms with E-state index in [9.17, 15) is 4.55 Å². The van der Waals surface area contributed by atoms with E-state index >= 15 is 0 Å². The normalized spacial score (nSPS) is 13.2. The fourth-order valence-electron chi connectivity index (χ4n) is 1.87. The van der Waals surface area contributed by atoms with Gasteiger partial charge in [0.05, 0.1) is 6.21 Å². The summed E-state index contributed by atoms with van der Waals surface area (Å²) in [6, 6.07) is 18.0. The molecule has 2 rings (SSSR count). The van der Waals surface area contributed by atoms with Crippen molar-refractivity contribution in [3.8, 4) is 5.75 Å². The Hall–Kier alpha value is -1.78. The van der Waals surface area contributed by atoms with Gasteiger partial charge in [0.1, 0.15) is 28.5 Å².